The molecular weight excluding hydrogens is 204 g/mol. The van der Waals surface area contributed by atoms with Gasteiger partial charge in [-0.05, 0) is 36.6 Å². The molecule has 2 aliphatic carbocycles. The van der Waals surface area contributed by atoms with E-state index in [9.17, 15) is 4.79 Å². The molecule has 1 N–H and O–H groups in total. The first-order valence-electron chi connectivity index (χ1n) is 5.18. The third-order valence-electron chi connectivity index (χ3n) is 2.93. The number of benzene rings is 1. The van der Waals surface area contributed by atoms with Crippen molar-refractivity contribution in [2.24, 2.45) is 0 Å². The summed E-state index contributed by atoms with van der Waals surface area (Å²) in [6, 6.07) is 6.79. The molecule has 0 fully saturated rings. The number of fused-ring (bicyclic) bond motifs is 2. The normalized spacial score (nSPS) is 16.9. The minimum absolute atomic E-state index is 0.0660. The van der Waals surface area contributed by atoms with Crippen molar-refractivity contribution in [3.63, 3.8) is 0 Å². The molecule has 0 spiro atoms. The van der Waals surface area contributed by atoms with Crippen LogP contribution in [0.5, 0.6) is 0 Å². The minimum atomic E-state index is -0.0660. The Bertz CT molecular complexity index is 607. The molecule has 1 heterocycles. The van der Waals surface area contributed by atoms with Crippen LogP contribution in [-0.2, 0) is 6.42 Å². The average molecular weight is 214 g/mol. The number of aliphatic hydroxyl groups is 1. The minimum Gasteiger partial charge on any atom is -0.515 e. The number of allylic oxidation sites excluding steroid dienone is 1. The zero-order valence-corrected chi connectivity index (χ0v) is 8.56. The van der Waals surface area contributed by atoms with Crippen LogP contribution < -0.4 is 5.43 Å². The van der Waals surface area contributed by atoms with Crippen LogP contribution >= 0.6 is 0 Å². The lowest BCUT2D eigenvalue weighted by Crippen LogP contribution is -1.98. The van der Waals surface area contributed by atoms with Crippen molar-refractivity contribution in [3.05, 3.63) is 52.1 Å². The van der Waals surface area contributed by atoms with Crippen molar-refractivity contribution < 1.29 is 9.52 Å². The van der Waals surface area contributed by atoms with E-state index >= 15 is 0 Å². The molecule has 0 aromatic rings. The molecule has 0 aromatic carbocycles. The summed E-state index contributed by atoms with van der Waals surface area (Å²) in [5, 5.41) is 9.06. The van der Waals surface area contributed by atoms with Crippen molar-refractivity contribution in [3.8, 4) is 11.3 Å². The molecule has 3 aliphatic rings. The molecule has 3 heteroatoms. The monoisotopic (exact) mass is 214 g/mol. The molecule has 0 aromatic heterocycles. The van der Waals surface area contributed by atoms with Crippen LogP contribution in [0.25, 0.3) is 16.9 Å². The zero-order chi connectivity index (χ0) is 11.1. The number of aryl methyl sites for hydroxylation is 1. The second-order valence-electron chi connectivity index (χ2n) is 3.95. The van der Waals surface area contributed by atoms with Gasteiger partial charge in [0.15, 0.2) is 5.43 Å². The molecule has 16 heavy (non-hydrogen) atoms. The van der Waals surface area contributed by atoms with Gasteiger partial charge in [0.25, 0.3) is 0 Å². The van der Waals surface area contributed by atoms with Gasteiger partial charge in [-0.3, -0.25) is 4.79 Å². The van der Waals surface area contributed by atoms with E-state index < -0.39 is 0 Å². The second kappa shape index (κ2) is 3.23. The molecule has 0 radical (unpaired) electrons. The summed E-state index contributed by atoms with van der Waals surface area (Å²) in [6.07, 6.45) is 2.75. The lowest BCUT2D eigenvalue weighted by molar-refractivity contribution is 0.470. The van der Waals surface area contributed by atoms with Crippen LogP contribution in [0.1, 0.15) is 17.7 Å². The summed E-state index contributed by atoms with van der Waals surface area (Å²) in [7, 11) is 0. The first-order valence-corrected chi connectivity index (χ1v) is 5.18. The molecule has 3 nitrogen and oxygen atoms in total. The van der Waals surface area contributed by atoms with Crippen LogP contribution in [-0.4, -0.2) is 5.11 Å². The molecule has 0 saturated carbocycles. The van der Waals surface area contributed by atoms with Gasteiger partial charge >= 0.3 is 0 Å². The molecular formula is C13H10O3. The highest BCUT2D eigenvalue weighted by Crippen LogP contribution is 2.36. The highest BCUT2D eigenvalue weighted by molar-refractivity contribution is 5.72. The number of hydrogen-bond donors (Lipinski definition) is 1. The SMILES string of the molecule is O=c1ccc2cc3c(oc-2c1)/C(=C/O)CC3. The van der Waals surface area contributed by atoms with Gasteiger partial charge in [0, 0.05) is 17.2 Å². The molecule has 3 rings (SSSR count). The predicted octanol–water partition coefficient (Wildman–Crippen LogP) is 2.59. The van der Waals surface area contributed by atoms with Crippen LogP contribution in [0.15, 0.2) is 39.7 Å². The van der Waals surface area contributed by atoms with Crippen LogP contribution in [0.4, 0.5) is 0 Å². The fourth-order valence-electron chi connectivity index (χ4n) is 2.11. The average Bonchev–Trinajstić information content (AvgIpc) is 2.68. The Hall–Kier alpha value is -2.03. The van der Waals surface area contributed by atoms with Crippen molar-refractivity contribution in [1.82, 2.24) is 0 Å². The predicted molar refractivity (Wildman–Crippen MR) is 60.5 cm³/mol. The van der Waals surface area contributed by atoms with Gasteiger partial charge in [0.2, 0.25) is 0 Å². The van der Waals surface area contributed by atoms with E-state index in [1.165, 1.54) is 12.1 Å². The number of rotatable bonds is 0. The maximum Gasteiger partial charge on any atom is 0.182 e. The Labute approximate surface area is 92.0 Å². The first kappa shape index (κ1) is 9.21. The molecule has 1 aliphatic heterocycles. The van der Waals surface area contributed by atoms with Crippen molar-refractivity contribution in [1.29, 1.82) is 0 Å². The topological polar surface area (TPSA) is 50.4 Å². The van der Waals surface area contributed by atoms with E-state index in [0.29, 0.717) is 11.5 Å². The fraction of sp³-hybridized carbons (Fsp3) is 0.154. The van der Waals surface area contributed by atoms with Crippen LogP contribution in [0, 0.1) is 0 Å². The smallest absolute Gasteiger partial charge is 0.182 e. The van der Waals surface area contributed by atoms with Gasteiger partial charge < -0.3 is 9.52 Å². The van der Waals surface area contributed by atoms with Gasteiger partial charge in [0.1, 0.15) is 11.5 Å². The largest absolute Gasteiger partial charge is 0.515 e. The Kier molecular flexibility index (Phi) is 1.86. The quantitative estimate of drug-likeness (QED) is 0.686. The Balaban J connectivity index is 2.33. The first-order chi connectivity index (χ1) is 7.78. The third-order valence-corrected chi connectivity index (χ3v) is 2.93. The van der Waals surface area contributed by atoms with Crippen molar-refractivity contribution in [2.75, 3.05) is 0 Å². The molecule has 0 saturated heterocycles. The lowest BCUT2D eigenvalue weighted by atomic mass is 10.1. The van der Waals surface area contributed by atoms with E-state index in [2.05, 4.69) is 0 Å². The van der Waals surface area contributed by atoms with E-state index in [-0.39, 0.29) is 5.43 Å². The van der Waals surface area contributed by atoms with Gasteiger partial charge in [-0.2, -0.15) is 0 Å². The summed E-state index contributed by atoms with van der Waals surface area (Å²) in [5.41, 5.74) is 2.75. The van der Waals surface area contributed by atoms with E-state index in [0.717, 1.165) is 35.8 Å². The number of aliphatic hydroxyl groups excluding tert-OH is 1. The summed E-state index contributed by atoms with van der Waals surface area (Å²) < 4.78 is 5.66. The van der Waals surface area contributed by atoms with Crippen molar-refractivity contribution >= 4 is 5.57 Å². The fourth-order valence-corrected chi connectivity index (χ4v) is 2.11. The van der Waals surface area contributed by atoms with Gasteiger partial charge in [-0.25, -0.2) is 0 Å². The highest BCUT2D eigenvalue weighted by Gasteiger charge is 2.21. The molecule has 0 amide bonds. The van der Waals surface area contributed by atoms with E-state index in [1.807, 2.05) is 6.07 Å². The standard InChI is InChI=1S/C13H10O3/c14-7-10-2-1-9-5-8-3-4-11(15)6-12(8)16-13(9)10/h3-7,14H,1-2H2/b10-7+. The summed E-state index contributed by atoms with van der Waals surface area (Å²) >= 11 is 0. The Morgan fingerprint density at radius 2 is 2.12 bits per heavy atom. The molecule has 0 bridgehead atoms. The maximum absolute atomic E-state index is 11.2. The third kappa shape index (κ3) is 1.25. The van der Waals surface area contributed by atoms with Crippen LogP contribution in [0.2, 0.25) is 0 Å². The second-order valence-corrected chi connectivity index (χ2v) is 3.95. The Morgan fingerprint density at radius 3 is 2.94 bits per heavy atom. The summed E-state index contributed by atoms with van der Waals surface area (Å²) in [5.74, 6) is 1.29. The lowest BCUT2D eigenvalue weighted by Gasteiger charge is -2.07. The highest BCUT2D eigenvalue weighted by atomic mass is 16.3. The Morgan fingerprint density at radius 1 is 1.25 bits per heavy atom. The van der Waals surface area contributed by atoms with E-state index in [4.69, 9.17) is 9.52 Å². The van der Waals surface area contributed by atoms with Crippen molar-refractivity contribution in [2.45, 2.75) is 12.8 Å². The van der Waals surface area contributed by atoms with E-state index in [1.54, 1.807) is 6.07 Å². The molecule has 0 atom stereocenters. The summed E-state index contributed by atoms with van der Waals surface area (Å²) in [6.45, 7) is 0. The molecule has 0 unspecified atom stereocenters. The van der Waals surface area contributed by atoms with Gasteiger partial charge in [-0.15, -0.1) is 0 Å². The molecule has 80 valence electrons. The maximum atomic E-state index is 11.2. The van der Waals surface area contributed by atoms with Crippen LogP contribution in [0.3, 0.4) is 0 Å². The number of hydrogen-bond acceptors (Lipinski definition) is 3. The zero-order valence-electron chi connectivity index (χ0n) is 8.56. The van der Waals surface area contributed by atoms with Gasteiger partial charge in [-0.1, -0.05) is 0 Å². The summed E-state index contributed by atoms with van der Waals surface area (Å²) in [4.78, 5) is 11.2. The van der Waals surface area contributed by atoms with Gasteiger partial charge in [0.05, 0.1) is 6.26 Å².